The number of hydrogen-bond donors (Lipinski definition) is 2. The molecule has 6 rings (SSSR count). The van der Waals surface area contributed by atoms with Crippen LogP contribution in [0.3, 0.4) is 0 Å². The number of ether oxygens (including phenoxy) is 2. The molecule has 1 aliphatic carbocycles. The van der Waals surface area contributed by atoms with Crippen molar-refractivity contribution in [3.05, 3.63) is 59.8 Å². The van der Waals surface area contributed by atoms with E-state index in [9.17, 15) is 0 Å². The van der Waals surface area contributed by atoms with Crippen molar-refractivity contribution >= 4 is 28.5 Å². The minimum Gasteiger partial charge on any atom is -0.497 e. The van der Waals surface area contributed by atoms with E-state index in [0.717, 1.165) is 58.6 Å². The maximum Gasteiger partial charge on any atom is 0.227 e. The number of nitrogens with one attached hydrogen (secondary N) is 2. The Morgan fingerprint density at radius 3 is 3.07 bits per heavy atom. The lowest BCUT2D eigenvalue weighted by Crippen LogP contribution is -2.23. The molecule has 0 saturated carbocycles. The molecule has 2 N–H and O–H groups in total. The summed E-state index contributed by atoms with van der Waals surface area (Å²) in [6, 6.07) is 3.98. The molecule has 2 aliphatic heterocycles. The van der Waals surface area contributed by atoms with Crippen molar-refractivity contribution in [2.75, 3.05) is 30.4 Å². The van der Waals surface area contributed by atoms with E-state index in [2.05, 4.69) is 38.4 Å². The highest BCUT2D eigenvalue weighted by molar-refractivity contribution is 5.91. The summed E-state index contributed by atoms with van der Waals surface area (Å²) in [6.07, 6.45) is 10.2. The first-order valence-corrected chi connectivity index (χ1v) is 10.1. The number of rotatable bonds is 4. The van der Waals surface area contributed by atoms with Gasteiger partial charge in [0.25, 0.3) is 0 Å². The predicted octanol–water partition coefficient (Wildman–Crippen LogP) is 3.28. The van der Waals surface area contributed by atoms with Gasteiger partial charge >= 0.3 is 0 Å². The van der Waals surface area contributed by atoms with Crippen LogP contribution in [-0.4, -0.2) is 40.1 Å². The highest BCUT2D eigenvalue weighted by Gasteiger charge is 2.34. The molecular formula is C22H22N6O2. The van der Waals surface area contributed by atoms with Crippen LogP contribution in [0.5, 0.6) is 0 Å². The third kappa shape index (κ3) is 2.83. The Labute approximate surface area is 173 Å². The van der Waals surface area contributed by atoms with Gasteiger partial charge in [0.2, 0.25) is 5.95 Å². The molecule has 2 atom stereocenters. The third-order valence-electron chi connectivity index (χ3n) is 6.10. The predicted molar refractivity (Wildman–Crippen MR) is 113 cm³/mol. The highest BCUT2D eigenvalue weighted by atomic mass is 16.5. The van der Waals surface area contributed by atoms with E-state index in [1.54, 1.807) is 13.3 Å². The number of anilines is 3. The highest BCUT2D eigenvalue weighted by Crippen LogP contribution is 2.35. The Hall–Kier alpha value is -3.39. The third-order valence-corrected chi connectivity index (χ3v) is 6.10. The summed E-state index contributed by atoms with van der Waals surface area (Å²) >= 11 is 0. The fourth-order valence-electron chi connectivity index (χ4n) is 4.50. The van der Waals surface area contributed by atoms with Crippen molar-refractivity contribution in [3.63, 3.8) is 0 Å². The zero-order chi connectivity index (χ0) is 20.1. The van der Waals surface area contributed by atoms with Gasteiger partial charge in [-0.2, -0.15) is 4.98 Å². The van der Waals surface area contributed by atoms with Gasteiger partial charge in [-0.3, -0.25) is 0 Å². The lowest BCUT2D eigenvalue weighted by atomic mass is 9.91. The fraction of sp³-hybridized carbons (Fsp3) is 0.318. The number of fused-ring (bicyclic) bond motifs is 3. The molecule has 0 bridgehead atoms. The van der Waals surface area contributed by atoms with Crippen molar-refractivity contribution in [2.45, 2.75) is 13.2 Å². The summed E-state index contributed by atoms with van der Waals surface area (Å²) in [7, 11) is 1.71. The van der Waals surface area contributed by atoms with Gasteiger partial charge in [0.1, 0.15) is 17.2 Å². The summed E-state index contributed by atoms with van der Waals surface area (Å²) < 4.78 is 11.1. The largest absolute Gasteiger partial charge is 0.497 e. The van der Waals surface area contributed by atoms with Crippen LogP contribution in [0.2, 0.25) is 0 Å². The molecule has 3 aromatic heterocycles. The Balaban J connectivity index is 1.35. The Bertz CT molecular complexity index is 1180. The van der Waals surface area contributed by atoms with Gasteiger partial charge in [0.15, 0.2) is 0 Å². The molecule has 0 spiro atoms. The van der Waals surface area contributed by atoms with Crippen LogP contribution in [0.4, 0.5) is 17.5 Å². The summed E-state index contributed by atoms with van der Waals surface area (Å²) in [6.45, 7) is 2.81. The number of nitrogens with zero attached hydrogens (tertiary/aromatic N) is 4. The Morgan fingerprint density at radius 1 is 1.20 bits per heavy atom. The average molecular weight is 402 g/mol. The zero-order valence-corrected chi connectivity index (χ0v) is 16.6. The van der Waals surface area contributed by atoms with Gasteiger partial charge in [-0.25, -0.2) is 9.97 Å². The maximum atomic E-state index is 5.69. The van der Waals surface area contributed by atoms with Crippen molar-refractivity contribution in [1.29, 1.82) is 0 Å². The first kappa shape index (κ1) is 17.5. The maximum absolute atomic E-state index is 5.69. The molecule has 8 heteroatoms. The molecule has 8 nitrogen and oxygen atoms in total. The van der Waals surface area contributed by atoms with Crippen molar-refractivity contribution < 1.29 is 9.47 Å². The van der Waals surface area contributed by atoms with Gasteiger partial charge in [-0.15, -0.1) is 0 Å². The fourth-order valence-corrected chi connectivity index (χ4v) is 4.50. The van der Waals surface area contributed by atoms with Crippen LogP contribution < -0.4 is 10.2 Å². The second-order valence-electron chi connectivity index (χ2n) is 7.88. The smallest absolute Gasteiger partial charge is 0.227 e. The van der Waals surface area contributed by atoms with Gasteiger partial charge in [0.05, 0.1) is 31.7 Å². The molecule has 1 fully saturated rings. The Kier molecular flexibility index (Phi) is 3.98. The van der Waals surface area contributed by atoms with Gasteiger partial charge in [-0.05, 0) is 24.3 Å². The molecule has 3 aliphatic rings. The van der Waals surface area contributed by atoms with Crippen LogP contribution in [0.1, 0.15) is 11.3 Å². The van der Waals surface area contributed by atoms with E-state index in [4.69, 9.17) is 19.4 Å². The van der Waals surface area contributed by atoms with E-state index in [1.165, 1.54) is 0 Å². The molecule has 5 heterocycles. The summed E-state index contributed by atoms with van der Waals surface area (Å²) in [5, 5.41) is 4.54. The van der Waals surface area contributed by atoms with Crippen LogP contribution in [-0.2, 0) is 22.7 Å². The van der Waals surface area contributed by atoms with Crippen LogP contribution in [0, 0.1) is 11.8 Å². The molecule has 1 saturated heterocycles. The number of H-pyrrole nitrogens is 1. The quantitative estimate of drug-likeness (QED) is 0.692. The minimum atomic E-state index is 0.411. The first-order valence-electron chi connectivity index (χ1n) is 10.1. The molecule has 30 heavy (non-hydrogen) atoms. The van der Waals surface area contributed by atoms with Gasteiger partial charge < -0.3 is 24.7 Å². The molecule has 0 amide bonds. The van der Waals surface area contributed by atoms with E-state index in [0.29, 0.717) is 25.0 Å². The number of aromatic amines is 1. The van der Waals surface area contributed by atoms with Crippen LogP contribution in [0.25, 0.3) is 11.0 Å². The van der Waals surface area contributed by atoms with Crippen molar-refractivity contribution in [1.82, 2.24) is 19.9 Å². The second kappa shape index (κ2) is 6.84. The van der Waals surface area contributed by atoms with Crippen LogP contribution in [0.15, 0.2) is 48.5 Å². The first-order chi connectivity index (χ1) is 14.8. The molecule has 0 aromatic carbocycles. The Morgan fingerprint density at radius 2 is 2.13 bits per heavy atom. The summed E-state index contributed by atoms with van der Waals surface area (Å²) in [5.74, 6) is 3.34. The molecular weight excluding hydrogens is 380 g/mol. The van der Waals surface area contributed by atoms with E-state index >= 15 is 0 Å². The SMILES string of the molecule is COC1=CC2CN(c3nc4c(c(Nc5ccnc6[nH]ccc56)n3)COC4)CC2C=C1. The number of aromatic nitrogens is 4. The van der Waals surface area contributed by atoms with Crippen molar-refractivity contribution in [3.8, 4) is 0 Å². The molecule has 152 valence electrons. The molecule has 0 radical (unpaired) electrons. The summed E-state index contributed by atoms with van der Waals surface area (Å²) in [5.41, 5.74) is 3.79. The molecule has 2 unspecified atom stereocenters. The number of hydrogen-bond acceptors (Lipinski definition) is 7. The zero-order valence-electron chi connectivity index (χ0n) is 16.6. The average Bonchev–Trinajstić information content (AvgIpc) is 3.51. The molecule has 3 aromatic rings. The van der Waals surface area contributed by atoms with Gasteiger partial charge in [-0.1, -0.05) is 6.08 Å². The van der Waals surface area contributed by atoms with E-state index in [-0.39, 0.29) is 0 Å². The van der Waals surface area contributed by atoms with E-state index < -0.39 is 0 Å². The number of allylic oxidation sites excluding steroid dienone is 1. The van der Waals surface area contributed by atoms with Crippen LogP contribution >= 0.6 is 0 Å². The number of methoxy groups -OCH3 is 1. The summed E-state index contributed by atoms with van der Waals surface area (Å²) in [4.78, 5) is 19.5. The van der Waals surface area contributed by atoms with E-state index in [1.807, 2.05) is 18.3 Å². The number of pyridine rings is 1. The standard InChI is InChI=1S/C22H22N6O2/c1-29-15-3-2-13-9-28(10-14(13)8-15)22-26-19-12-30-11-17(19)21(27-22)25-18-5-7-24-20-16(18)4-6-23-20/h2-8,13-14H,9-12H2,1H3,(H2,23,24,25,26,27). The van der Waals surface area contributed by atoms with Crippen molar-refractivity contribution in [2.24, 2.45) is 11.8 Å². The second-order valence-corrected chi connectivity index (χ2v) is 7.88. The monoisotopic (exact) mass is 402 g/mol. The lowest BCUT2D eigenvalue weighted by molar-refractivity contribution is 0.133. The normalized spacial score (nSPS) is 22.2. The minimum absolute atomic E-state index is 0.411. The topological polar surface area (TPSA) is 88.2 Å². The lowest BCUT2D eigenvalue weighted by Gasteiger charge is -2.19. The van der Waals surface area contributed by atoms with Gasteiger partial charge in [0, 0.05) is 48.3 Å².